The first-order chi connectivity index (χ1) is 11.6. The Balaban J connectivity index is 1.94. The summed E-state index contributed by atoms with van der Waals surface area (Å²) in [4.78, 5) is 0.363. The maximum atomic E-state index is 14.2. The number of hydrogen-bond acceptors (Lipinski definition) is 2. The number of benzene rings is 3. The van der Waals surface area contributed by atoms with Crippen LogP contribution in [0.3, 0.4) is 0 Å². The lowest BCUT2D eigenvalue weighted by Gasteiger charge is -2.09. The predicted octanol–water partition coefficient (Wildman–Crippen LogP) is 5.54. The van der Waals surface area contributed by atoms with Crippen LogP contribution in [0.15, 0.2) is 65.6 Å². The smallest absolute Gasteiger partial charge is 0.139 e. The van der Waals surface area contributed by atoms with Crippen LogP contribution in [0.4, 0.5) is 4.39 Å². The van der Waals surface area contributed by atoms with Crippen molar-refractivity contribution in [1.82, 2.24) is 0 Å². The lowest BCUT2D eigenvalue weighted by atomic mass is 10.00. The quantitative estimate of drug-likeness (QED) is 0.351. The van der Waals surface area contributed by atoms with Gasteiger partial charge in [0.15, 0.2) is 0 Å². The third-order valence-corrected chi connectivity index (χ3v) is 5.21. The summed E-state index contributed by atoms with van der Waals surface area (Å²) in [5, 5.41) is 11.4. The van der Waals surface area contributed by atoms with Gasteiger partial charge in [0.25, 0.3) is 0 Å². The van der Waals surface area contributed by atoms with Gasteiger partial charge in [-0.15, -0.1) is 9.24 Å². The van der Waals surface area contributed by atoms with Gasteiger partial charge in [0.1, 0.15) is 11.2 Å². The van der Waals surface area contributed by atoms with Crippen LogP contribution in [0, 0.1) is 23.4 Å². The summed E-state index contributed by atoms with van der Waals surface area (Å²) in [6.45, 7) is 2.07. The van der Waals surface area contributed by atoms with E-state index in [0.29, 0.717) is 10.2 Å². The molecule has 1 nitrogen and oxygen atoms in total. The number of nitrogens with zero attached hydrogens (tertiary/aromatic N) is 1. The monoisotopic (exact) mass is 351 g/mol. The molecule has 0 N–H and O–H groups in total. The summed E-state index contributed by atoms with van der Waals surface area (Å²) >= 11 is 0.843. The van der Waals surface area contributed by atoms with Crippen molar-refractivity contribution >= 4 is 26.3 Å². The van der Waals surface area contributed by atoms with Gasteiger partial charge in [0.05, 0.1) is 4.90 Å². The molecule has 3 rings (SSSR count). The van der Waals surface area contributed by atoms with Crippen molar-refractivity contribution in [3.8, 4) is 27.7 Å². The van der Waals surface area contributed by atoms with Gasteiger partial charge >= 0.3 is 0 Å². The van der Waals surface area contributed by atoms with E-state index in [-0.39, 0.29) is 5.82 Å². The first-order valence-corrected chi connectivity index (χ1v) is 8.80. The Morgan fingerprint density at radius 1 is 0.875 bits per heavy atom. The first-order valence-electron chi connectivity index (χ1n) is 7.41. The van der Waals surface area contributed by atoms with Crippen molar-refractivity contribution in [2.45, 2.75) is 11.8 Å². The Morgan fingerprint density at radius 2 is 1.38 bits per heavy atom. The highest BCUT2D eigenvalue weighted by molar-refractivity contribution is 8.04. The number of hydrogen-bond donors (Lipinski definition) is 0. The van der Waals surface area contributed by atoms with E-state index in [0.717, 1.165) is 34.0 Å². The second-order valence-electron chi connectivity index (χ2n) is 5.51. The van der Waals surface area contributed by atoms with E-state index < -0.39 is 0 Å². The topological polar surface area (TPSA) is 23.8 Å². The predicted molar refractivity (Wildman–Crippen MR) is 103 cm³/mol. The number of aryl methyl sites for hydroxylation is 1. The van der Waals surface area contributed by atoms with E-state index in [4.69, 9.17) is 5.26 Å². The molecule has 0 saturated heterocycles. The zero-order valence-corrected chi connectivity index (χ0v) is 15.1. The van der Waals surface area contributed by atoms with Crippen LogP contribution in [-0.4, -0.2) is 0 Å². The Kier molecular flexibility index (Phi) is 5.00. The average Bonchev–Trinajstić information content (AvgIpc) is 2.59. The molecule has 0 saturated carbocycles. The fourth-order valence-electron chi connectivity index (χ4n) is 2.54. The highest BCUT2D eigenvalue weighted by atomic mass is 32.2. The van der Waals surface area contributed by atoms with Crippen molar-refractivity contribution in [3.05, 3.63) is 72.0 Å². The third-order valence-electron chi connectivity index (χ3n) is 3.82. The zero-order chi connectivity index (χ0) is 17.1. The molecule has 3 aromatic rings. The van der Waals surface area contributed by atoms with Crippen LogP contribution >= 0.6 is 21.0 Å². The van der Waals surface area contributed by atoms with Gasteiger partial charge in [0.2, 0.25) is 0 Å². The van der Waals surface area contributed by atoms with Crippen molar-refractivity contribution in [2.24, 2.45) is 0 Å². The highest BCUT2D eigenvalue weighted by Crippen LogP contribution is 2.29. The largest absolute Gasteiger partial charge is 0.206 e. The minimum absolute atomic E-state index is 0.363. The SMILES string of the molecule is Cc1ccc(-c2ccc(-c3cc(F)c(SC#N)c(P)c3)cc2)cc1. The van der Waals surface area contributed by atoms with Gasteiger partial charge in [-0.05, 0) is 58.4 Å². The highest BCUT2D eigenvalue weighted by Gasteiger charge is 2.10. The Hall–Kier alpha value is -2.14. The second-order valence-corrected chi connectivity index (χ2v) is 6.93. The molecule has 118 valence electrons. The standard InChI is InChI=1S/C20H15FNPS/c1-13-2-4-14(5-3-13)15-6-8-16(9-7-15)17-10-18(21)20(24-12-22)19(23)11-17/h2-11H,23H2,1H3. The molecule has 1 unspecified atom stereocenters. The molecule has 0 aromatic heterocycles. The molecule has 0 fully saturated rings. The number of rotatable bonds is 3. The minimum atomic E-state index is -0.369. The normalized spacial score (nSPS) is 10.4. The van der Waals surface area contributed by atoms with Crippen molar-refractivity contribution in [2.75, 3.05) is 0 Å². The van der Waals surface area contributed by atoms with Crippen LogP contribution in [0.5, 0.6) is 0 Å². The molecule has 0 radical (unpaired) electrons. The first kappa shape index (κ1) is 16.7. The summed E-state index contributed by atoms with van der Waals surface area (Å²) in [6.07, 6.45) is 0. The van der Waals surface area contributed by atoms with Crippen molar-refractivity contribution in [1.29, 1.82) is 5.26 Å². The van der Waals surface area contributed by atoms with E-state index in [1.807, 2.05) is 35.7 Å². The molecular weight excluding hydrogens is 336 g/mol. The molecular formula is C20H15FNPS. The lowest BCUT2D eigenvalue weighted by molar-refractivity contribution is 0.605. The van der Waals surface area contributed by atoms with Crippen LogP contribution in [0.1, 0.15) is 5.56 Å². The maximum absolute atomic E-state index is 14.2. The molecule has 24 heavy (non-hydrogen) atoms. The second kappa shape index (κ2) is 7.18. The molecule has 0 aliphatic rings. The summed E-state index contributed by atoms with van der Waals surface area (Å²) in [5.74, 6) is -0.369. The van der Waals surface area contributed by atoms with Gasteiger partial charge in [0, 0.05) is 0 Å². The number of thioether (sulfide) groups is 1. The summed E-state index contributed by atoms with van der Waals surface area (Å²) in [5.41, 5.74) is 5.26. The zero-order valence-electron chi connectivity index (χ0n) is 13.1. The molecule has 0 spiro atoms. The molecule has 0 aliphatic carbocycles. The van der Waals surface area contributed by atoms with Gasteiger partial charge in [-0.2, -0.15) is 5.26 Å². The van der Waals surface area contributed by atoms with E-state index in [9.17, 15) is 4.39 Å². The van der Waals surface area contributed by atoms with Crippen LogP contribution in [-0.2, 0) is 0 Å². The van der Waals surface area contributed by atoms with Crippen molar-refractivity contribution in [3.63, 3.8) is 0 Å². The van der Waals surface area contributed by atoms with E-state index >= 15 is 0 Å². The maximum Gasteiger partial charge on any atom is 0.139 e. The number of thiocyanates is 1. The molecule has 1 atom stereocenters. The van der Waals surface area contributed by atoms with Crippen LogP contribution in [0.25, 0.3) is 22.3 Å². The van der Waals surface area contributed by atoms with E-state index in [1.54, 1.807) is 0 Å². The fourth-order valence-corrected chi connectivity index (χ4v) is 3.45. The molecule has 0 aliphatic heterocycles. The lowest BCUT2D eigenvalue weighted by Crippen LogP contribution is -2.00. The summed E-state index contributed by atoms with van der Waals surface area (Å²) in [7, 11) is 2.50. The van der Waals surface area contributed by atoms with Crippen LogP contribution < -0.4 is 5.30 Å². The average molecular weight is 351 g/mol. The molecule has 4 heteroatoms. The molecule has 0 amide bonds. The molecule has 0 heterocycles. The summed E-state index contributed by atoms with van der Waals surface area (Å²) < 4.78 is 14.2. The number of halogens is 1. The fraction of sp³-hybridized carbons (Fsp3) is 0.0500. The van der Waals surface area contributed by atoms with Gasteiger partial charge in [-0.3, -0.25) is 0 Å². The summed E-state index contributed by atoms with van der Waals surface area (Å²) in [6, 6.07) is 19.8. The molecule has 0 bridgehead atoms. The molecule has 3 aromatic carbocycles. The van der Waals surface area contributed by atoms with E-state index in [1.165, 1.54) is 11.6 Å². The van der Waals surface area contributed by atoms with Gasteiger partial charge in [-0.1, -0.05) is 54.1 Å². The Morgan fingerprint density at radius 3 is 1.88 bits per heavy atom. The van der Waals surface area contributed by atoms with E-state index in [2.05, 4.69) is 40.4 Å². The third kappa shape index (κ3) is 3.51. The van der Waals surface area contributed by atoms with Gasteiger partial charge < -0.3 is 0 Å². The Bertz CT molecular complexity index is 889. The number of nitriles is 1. The van der Waals surface area contributed by atoms with Crippen molar-refractivity contribution < 1.29 is 4.39 Å². The van der Waals surface area contributed by atoms with Gasteiger partial charge in [-0.25, -0.2) is 4.39 Å². The minimum Gasteiger partial charge on any atom is -0.206 e. The van der Waals surface area contributed by atoms with Crippen LogP contribution in [0.2, 0.25) is 0 Å². The Labute approximate surface area is 147 Å².